The average molecular weight is 348 g/mol. The molecular weight excluding hydrogens is 330 g/mol. The van der Waals surface area contributed by atoms with E-state index in [4.69, 9.17) is 4.84 Å². The maximum absolute atomic E-state index is 12.0. The van der Waals surface area contributed by atoms with E-state index in [-0.39, 0.29) is 12.4 Å². The van der Waals surface area contributed by atoms with Crippen molar-refractivity contribution in [2.75, 3.05) is 11.9 Å². The van der Waals surface area contributed by atoms with E-state index in [1.807, 2.05) is 24.3 Å². The molecule has 0 aliphatic carbocycles. The topological polar surface area (TPSA) is 59.9 Å². The lowest BCUT2D eigenvalue weighted by Gasteiger charge is -2.07. The van der Waals surface area contributed by atoms with E-state index in [9.17, 15) is 13.6 Å². The van der Waals surface area contributed by atoms with Gasteiger partial charge in [-0.3, -0.25) is 4.79 Å². The molecule has 5 nitrogen and oxygen atoms in total. The molecular formula is C18H18F2N2O3. The normalized spacial score (nSPS) is 10.9. The maximum Gasteiger partial charge on any atom is 0.387 e. The summed E-state index contributed by atoms with van der Waals surface area (Å²) >= 11 is 0. The summed E-state index contributed by atoms with van der Waals surface area (Å²) in [5, 5.41) is 6.29. The maximum atomic E-state index is 12.0. The van der Waals surface area contributed by atoms with E-state index < -0.39 is 12.5 Å². The van der Waals surface area contributed by atoms with E-state index in [0.717, 1.165) is 12.0 Å². The third-order valence-corrected chi connectivity index (χ3v) is 3.22. The summed E-state index contributed by atoms with van der Waals surface area (Å²) < 4.78 is 28.3. The second-order valence-corrected chi connectivity index (χ2v) is 5.05. The third kappa shape index (κ3) is 6.58. The lowest BCUT2D eigenvalue weighted by Crippen LogP contribution is -2.16. The Morgan fingerprint density at radius 3 is 2.44 bits per heavy atom. The third-order valence-electron chi connectivity index (χ3n) is 3.22. The Labute approximate surface area is 144 Å². The van der Waals surface area contributed by atoms with Crippen LogP contribution in [0.5, 0.6) is 5.75 Å². The summed E-state index contributed by atoms with van der Waals surface area (Å²) in [7, 11) is 0. The molecule has 0 spiro atoms. The highest BCUT2D eigenvalue weighted by Gasteiger charge is 2.05. The van der Waals surface area contributed by atoms with Gasteiger partial charge in [0.05, 0.1) is 6.21 Å². The zero-order chi connectivity index (χ0) is 18.1. The lowest BCUT2D eigenvalue weighted by molar-refractivity contribution is -0.120. The zero-order valence-electron chi connectivity index (χ0n) is 13.6. The van der Waals surface area contributed by atoms with Crippen molar-refractivity contribution in [3.8, 4) is 5.75 Å². The second kappa shape index (κ2) is 9.36. The number of nitrogens with one attached hydrogen (secondary N) is 1. The number of carbonyl (C=O) groups is 1. The Morgan fingerprint density at radius 2 is 1.84 bits per heavy atom. The van der Waals surface area contributed by atoms with Gasteiger partial charge in [0, 0.05) is 5.69 Å². The van der Waals surface area contributed by atoms with Crippen LogP contribution >= 0.6 is 0 Å². The minimum Gasteiger partial charge on any atom is -0.435 e. The van der Waals surface area contributed by atoms with Gasteiger partial charge in [-0.2, -0.15) is 8.78 Å². The number of nitrogens with zero attached hydrogens (tertiary/aromatic N) is 1. The Bertz CT molecular complexity index is 701. The highest BCUT2D eigenvalue weighted by Crippen LogP contribution is 2.17. The van der Waals surface area contributed by atoms with E-state index >= 15 is 0 Å². The van der Waals surface area contributed by atoms with Crippen molar-refractivity contribution in [2.24, 2.45) is 5.16 Å². The van der Waals surface area contributed by atoms with Gasteiger partial charge in [0.25, 0.3) is 5.91 Å². The van der Waals surface area contributed by atoms with Crippen LogP contribution in [0, 0.1) is 0 Å². The first-order valence-corrected chi connectivity index (χ1v) is 7.66. The van der Waals surface area contributed by atoms with Gasteiger partial charge in [-0.1, -0.05) is 36.3 Å². The van der Waals surface area contributed by atoms with Crippen molar-refractivity contribution >= 4 is 17.8 Å². The van der Waals surface area contributed by atoms with Crippen LogP contribution in [0.1, 0.15) is 18.1 Å². The van der Waals surface area contributed by atoms with Gasteiger partial charge < -0.3 is 14.9 Å². The molecule has 0 saturated heterocycles. The predicted octanol–water partition coefficient (Wildman–Crippen LogP) is 3.84. The largest absolute Gasteiger partial charge is 0.435 e. The number of aryl methyl sites for hydroxylation is 1. The zero-order valence-corrected chi connectivity index (χ0v) is 13.6. The lowest BCUT2D eigenvalue weighted by atomic mass is 10.1. The highest BCUT2D eigenvalue weighted by atomic mass is 19.3. The summed E-state index contributed by atoms with van der Waals surface area (Å²) in [5.74, 6) is -0.399. The molecule has 1 N–H and O–H groups in total. The van der Waals surface area contributed by atoms with Crippen LogP contribution in [0.3, 0.4) is 0 Å². The molecule has 25 heavy (non-hydrogen) atoms. The number of ether oxygens (including phenoxy) is 1. The fourth-order valence-corrected chi connectivity index (χ4v) is 1.95. The molecule has 0 aliphatic heterocycles. The first-order valence-electron chi connectivity index (χ1n) is 7.66. The van der Waals surface area contributed by atoms with Gasteiger partial charge in [0.2, 0.25) is 0 Å². The molecule has 0 atom stereocenters. The number of amides is 1. The van der Waals surface area contributed by atoms with E-state index in [1.165, 1.54) is 36.0 Å². The van der Waals surface area contributed by atoms with Crippen LogP contribution in [-0.4, -0.2) is 25.3 Å². The molecule has 0 aliphatic rings. The molecule has 132 valence electrons. The number of benzene rings is 2. The monoisotopic (exact) mass is 348 g/mol. The molecule has 0 radical (unpaired) electrons. The molecule has 2 aromatic carbocycles. The Balaban J connectivity index is 1.75. The van der Waals surface area contributed by atoms with Crippen molar-refractivity contribution < 1.29 is 23.1 Å². The minimum atomic E-state index is -2.88. The fourth-order valence-electron chi connectivity index (χ4n) is 1.95. The molecule has 0 heterocycles. The molecule has 0 unspecified atom stereocenters. The highest BCUT2D eigenvalue weighted by molar-refractivity contribution is 5.91. The molecule has 0 aromatic heterocycles. The second-order valence-electron chi connectivity index (χ2n) is 5.05. The molecule has 1 amide bonds. The molecule has 7 heteroatoms. The summed E-state index contributed by atoms with van der Waals surface area (Å²) in [6.07, 6.45) is 2.48. The van der Waals surface area contributed by atoms with Gasteiger partial charge in [-0.15, -0.1) is 0 Å². The van der Waals surface area contributed by atoms with Gasteiger partial charge in [0.1, 0.15) is 5.75 Å². The number of hydrogen-bond donors (Lipinski definition) is 1. The number of oxime groups is 1. The fraction of sp³-hybridized carbons (Fsp3) is 0.222. The first kappa shape index (κ1) is 18.4. The van der Waals surface area contributed by atoms with Crippen molar-refractivity contribution in [3.63, 3.8) is 0 Å². The molecule has 2 rings (SSSR count). The van der Waals surface area contributed by atoms with Crippen LogP contribution < -0.4 is 10.1 Å². The van der Waals surface area contributed by atoms with Crippen LogP contribution in [-0.2, 0) is 16.1 Å². The predicted molar refractivity (Wildman–Crippen MR) is 91.1 cm³/mol. The van der Waals surface area contributed by atoms with E-state index in [1.54, 1.807) is 0 Å². The molecule has 0 saturated carbocycles. The van der Waals surface area contributed by atoms with Gasteiger partial charge in [-0.25, -0.2) is 0 Å². The molecule has 0 bridgehead atoms. The smallest absolute Gasteiger partial charge is 0.387 e. The van der Waals surface area contributed by atoms with Crippen LogP contribution in [0.25, 0.3) is 0 Å². The van der Waals surface area contributed by atoms with Crippen LogP contribution in [0.15, 0.2) is 53.7 Å². The number of anilines is 1. The Kier molecular flexibility index (Phi) is 6.88. The quantitative estimate of drug-likeness (QED) is 0.582. The summed E-state index contributed by atoms with van der Waals surface area (Å²) in [4.78, 5) is 16.6. The standard InChI is InChI=1S/C18H18F2N2O3/c1-2-13-3-5-14(6-4-13)11-21-24-12-17(23)22-15-7-9-16(10-8-15)25-18(19)20/h3-11,18H,2,12H2,1H3,(H,22,23)/b21-11-. The van der Waals surface area contributed by atoms with Gasteiger partial charge >= 0.3 is 6.61 Å². The Hall–Kier alpha value is -2.96. The van der Waals surface area contributed by atoms with Crippen LogP contribution in [0.2, 0.25) is 0 Å². The number of halogens is 2. The minimum absolute atomic E-state index is 0.0166. The first-order chi connectivity index (χ1) is 12.1. The van der Waals surface area contributed by atoms with E-state index in [0.29, 0.717) is 5.69 Å². The van der Waals surface area contributed by atoms with Crippen molar-refractivity contribution in [1.82, 2.24) is 0 Å². The molecule has 2 aromatic rings. The van der Waals surface area contributed by atoms with Gasteiger partial charge in [0.15, 0.2) is 6.61 Å². The summed E-state index contributed by atoms with van der Waals surface area (Å²) in [5.41, 5.74) is 2.53. The SMILES string of the molecule is CCc1ccc(/C=N\OCC(=O)Nc2ccc(OC(F)F)cc2)cc1. The number of hydrogen-bond acceptors (Lipinski definition) is 4. The van der Waals surface area contributed by atoms with Crippen LogP contribution in [0.4, 0.5) is 14.5 Å². The molecule has 0 fully saturated rings. The number of rotatable bonds is 8. The number of alkyl halides is 2. The summed E-state index contributed by atoms with van der Waals surface area (Å²) in [6.45, 7) is -1.08. The van der Waals surface area contributed by atoms with Crippen molar-refractivity contribution in [3.05, 3.63) is 59.7 Å². The average Bonchev–Trinajstić information content (AvgIpc) is 2.60. The van der Waals surface area contributed by atoms with Crippen molar-refractivity contribution in [1.29, 1.82) is 0 Å². The number of carbonyl (C=O) groups excluding carboxylic acids is 1. The van der Waals surface area contributed by atoms with Crippen molar-refractivity contribution in [2.45, 2.75) is 20.0 Å². The Morgan fingerprint density at radius 1 is 1.16 bits per heavy atom. The van der Waals surface area contributed by atoms with E-state index in [2.05, 4.69) is 22.1 Å². The van der Waals surface area contributed by atoms with Gasteiger partial charge in [-0.05, 0) is 41.8 Å². The summed E-state index contributed by atoms with van der Waals surface area (Å²) in [6, 6.07) is 13.4.